The molecular formula is C27H25N5O4. The third-order valence-corrected chi connectivity index (χ3v) is 6.74. The first kappa shape index (κ1) is 22.2. The van der Waals surface area contributed by atoms with Gasteiger partial charge in [0.15, 0.2) is 28.8 Å². The highest BCUT2D eigenvalue weighted by molar-refractivity contribution is 6.00. The standard InChI is InChI=1S/C27H25N5O4/c1-27(2)12-17(33)22-20(13-27)36-26-23(21(22)16-5-6-18(34-3)19(11-16)35-4)25-30-24(31-32(25)14-29-26)15-7-9-28-10-8-15/h5-11,14,21H,12-13H2,1-4H3/t21-/m1/s1. The summed E-state index contributed by atoms with van der Waals surface area (Å²) in [6.45, 7) is 4.16. The van der Waals surface area contributed by atoms with E-state index >= 15 is 0 Å². The Morgan fingerprint density at radius 1 is 1.06 bits per heavy atom. The van der Waals surface area contributed by atoms with Gasteiger partial charge in [0.2, 0.25) is 5.88 Å². The molecule has 36 heavy (non-hydrogen) atoms. The van der Waals surface area contributed by atoms with Crippen molar-refractivity contribution in [3.8, 4) is 28.8 Å². The Kier molecular flexibility index (Phi) is 5.03. The molecule has 9 nitrogen and oxygen atoms in total. The average molecular weight is 484 g/mol. The van der Waals surface area contributed by atoms with E-state index in [0.29, 0.717) is 58.6 Å². The number of ether oxygens (including phenoxy) is 3. The largest absolute Gasteiger partial charge is 0.493 e. The molecule has 4 heterocycles. The summed E-state index contributed by atoms with van der Waals surface area (Å²) in [5.41, 5.74) is 3.40. The van der Waals surface area contributed by atoms with Gasteiger partial charge in [-0.25, -0.2) is 14.5 Å². The smallest absolute Gasteiger partial charge is 0.228 e. The van der Waals surface area contributed by atoms with Gasteiger partial charge in [-0.2, -0.15) is 0 Å². The average Bonchev–Trinajstić information content (AvgIpc) is 3.31. The highest BCUT2D eigenvalue weighted by Crippen LogP contribution is 2.51. The maximum Gasteiger partial charge on any atom is 0.228 e. The van der Waals surface area contributed by atoms with Crippen molar-refractivity contribution < 1.29 is 19.0 Å². The number of methoxy groups -OCH3 is 2. The molecule has 0 saturated heterocycles. The van der Waals surface area contributed by atoms with Crippen molar-refractivity contribution in [1.82, 2.24) is 24.6 Å². The molecule has 1 atom stereocenters. The number of rotatable bonds is 4. The van der Waals surface area contributed by atoms with Crippen molar-refractivity contribution in [1.29, 1.82) is 0 Å². The second kappa shape index (κ2) is 8.15. The lowest BCUT2D eigenvalue weighted by atomic mass is 9.70. The molecule has 182 valence electrons. The van der Waals surface area contributed by atoms with Gasteiger partial charge in [0.05, 0.1) is 25.7 Å². The van der Waals surface area contributed by atoms with Crippen molar-refractivity contribution >= 4 is 11.4 Å². The topological polar surface area (TPSA) is 101 Å². The summed E-state index contributed by atoms with van der Waals surface area (Å²) >= 11 is 0. The summed E-state index contributed by atoms with van der Waals surface area (Å²) in [5, 5.41) is 4.64. The predicted molar refractivity (Wildman–Crippen MR) is 131 cm³/mol. The van der Waals surface area contributed by atoms with Gasteiger partial charge < -0.3 is 14.2 Å². The van der Waals surface area contributed by atoms with Gasteiger partial charge in [0, 0.05) is 36.4 Å². The first-order chi connectivity index (χ1) is 17.4. The van der Waals surface area contributed by atoms with Gasteiger partial charge in [-0.1, -0.05) is 19.9 Å². The molecule has 0 N–H and O–H groups in total. The van der Waals surface area contributed by atoms with Gasteiger partial charge in [-0.05, 0) is 35.2 Å². The first-order valence-corrected chi connectivity index (χ1v) is 11.7. The van der Waals surface area contributed by atoms with E-state index in [1.807, 2.05) is 30.3 Å². The van der Waals surface area contributed by atoms with Crippen LogP contribution in [-0.4, -0.2) is 44.6 Å². The number of hydrogen-bond acceptors (Lipinski definition) is 8. The fourth-order valence-electron chi connectivity index (χ4n) is 5.13. The zero-order chi connectivity index (χ0) is 25.0. The Morgan fingerprint density at radius 3 is 2.58 bits per heavy atom. The van der Waals surface area contributed by atoms with Crippen LogP contribution in [0.4, 0.5) is 0 Å². The van der Waals surface area contributed by atoms with E-state index in [0.717, 1.165) is 11.1 Å². The minimum absolute atomic E-state index is 0.0579. The van der Waals surface area contributed by atoms with Crippen molar-refractivity contribution in [3.63, 3.8) is 0 Å². The van der Waals surface area contributed by atoms with Crippen molar-refractivity contribution in [2.75, 3.05) is 14.2 Å². The van der Waals surface area contributed by atoms with Crippen molar-refractivity contribution in [2.24, 2.45) is 5.41 Å². The third-order valence-electron chi connectivity index (χ3n) is 6.74. The Bertz CT molecular complexity index is 1540. The highest BCUT2D eigenvalue weighted by atomic mass is 16.5. The number of pyridine rings is 1. The maximum atomic E-state index is 13.6. The van der Waals surface area contributed by atoms with E-state index in [1.165, 1.54) is 0 Å². The van der Waals surface area contributed by atoms with Crippen LogP contribution in [0.2, 0.25) is 0 Å². The lowest BCUT2D eigenvalue weighted by molar-refractivity contribution is -0.118. The van der Waals surface area contributed by atoms with E-state index in [4.69, 9.17) is 19.2 Å². The SMILES string of the molecule is COc1ccc([C@@H]2C3=C(CC(C)(C)CC3=O)Oc3ncn4nc(-c5ccncc5)nc4c32)cc1OC. The Labute approximate surface area is 207 Å². The van der Waals surface area contributed by atoms with Crippen molar-refractivity contribution in [3.05, 3.63) is 71.5 Å². The molecule has 0 spiro atoms. The van der Waals surface area contributed by atoms with Crippen LogP contribution in [-0.2, 0) is 4.79 Å². The fourth-order valence-corrected chi connectivity index (χ4v) is 5.13. The minimum atomic E-state index is -0.446. The summed E-state index contributed by atoms with van der Waals surface area (Å²) in [5.74, 6) is 2.43. The van der Waals surface area contributed by atoms with Gasteiger partial charge in [0.25, 0.3) is 0 Å². The summed E-state index contributed by atoms with van der Waals surface area (Å²) in [6.07, 6.45) is 6.06. The molecule has 3 aromatic heterocycles. The Morgan fingerprint density at radius 2 is 1.83 bits per heavy atom. The molecule has 4 aromatic rings. The van der Waals surface area contributed by atoms with Crippen LogP contribution in [0.3, 0.4) is 0 Å². The zero-order valence-electron chi connectivity index (χ0n) is 20.5. The van der Waals surface area contributed by atoms with Crippen LogP contribution in [0.25, 0.3) is 17.0 Å². The van der Waals surface area contributed by atoms with Crippen LogP contribution >= 0.6 is 0 Å². The number of hydrogen-bond donors (Lipinski definition) is 0. The molecule has 1 aliphatic carbocycles. The van der Waals surface area contributed by atoms with Gasteiger partial charge >= 0.3 is 0 Å². The number of ketones is 1. The number of benzene rings is 1. The summed E-state index contributed by atoms with van der Waals surface area (Å²) in [4.78, 5) is 27.1. The summed E-state index contributed by atoms with van der Waals surface area (Å²) in [6, 6.07) is 9.40. The molecule has 0 amide bonds. The Hall–Kier alpha value is -4.27. The number of aromatic nitrogens is 5. The van der Waals surface area contributed by atoms with Crippen molar-refractivity contribution in [2.45, 2.75) is 32.6 Å². The molecule has 0 bridgehead atoms. The molecule has 6 rings (SSSR count). The number of fused-ring (bicyclic) bond motifs is 3. The number of carbonyl (C=O) groups excluding carboxylic acids is 1. The molecule has 0 fully saturated rings. The van der Waals surface area contributed by atoms with Crippen LogP contribution in [0.15, 0.2) is 60.4 Å². The second-order valence-electron chi connectivity index (χ2n) is 9.83. The molecular weight excluding hydrogens is 458 g/mol. The molecule has 0 unspecified atom stereocenters. The van der Waals surface area contributed by atoms with Gasteiger partial charge in [-0.3, -0.25) is 9.78 Å². The number of carbonyl (C=O) groups is 1. The van der Waals surface area contributed by atoms with Crippen LogP contribution in [0.5, 0.6) is 17.4 Å². The lowest BCUT2D eigenvalue weighted by Crippen LogP contribution is -2.33. The number of nitrogens with zero attached hydrogens (tertiary/aromatic N) is 5. The minimum Gasteiger partial charge on any atom is -0.493 e. The van der Waals surface area contributed by atoms with E-state index in [2.05, 4.69) is 28.9 Å². The first-order valence-electron chi connectivity index (χ1n) is 11.7. The lowest BCUT2D eigenvalue weighted by Gasteiger charge is -2.37. The molecule has 1 aromatic carbocycles. The monoisotopic (exact) mass is 483 g/mol. The second-order valence-corrected chi connectivity index (χ2v) is 9.83. The molecule has 9 heteroatoms. The third kappa shape index (κ3) is 3.50. The molecule has 1 aliphatic heterocycles. The molecule has 0 radical (unpaired) electrons. The Balaban J connectivity index is 1.61. The summed E-state index contributed by atoms with van der Waals surface area (Å²) in [7, 11) is 3.19. The van der Waals surface area contributed by atoms with Crippen LogP contribution in [0, 0.1) is 5.41 Å². The molecule has 0 saturated carbocycles. The predicted octanol–water partition coefficient (Wildman–Crippen LogP) is 4.37. The van der Waals surface area contributed by atoms with E-state index in [9.17, 15) is 4.79 Å². The van der Waals surface area contributed by atoms with E-state index in [1.54, 1.807) is 37.5 Å². The quantitative estimate of drug-likeness (QED) is 0.422. The van der Waals surface area contributed by atoms with E-state index in [-0.39, 0.29) is 11.2 Å². The molecule has 2 aliphatic rings. The zero-order valence-corrected chi connectivity index (χ0v) is 20.5. The normalized spacial score (nSPS) is 18.4. The van der Waals surface area contributed by atoms with E-state index < -0.39 is 5.92 Å². The highest BCUT2D eigenvalue weighted by Gasteiger charge is 2.44. The summed E-state index contributed by atoms with van der Waals surface area (Å²) < 4.78 is 19.0. The maximum absolute atomic E-state index is 13.6. The van der Waals surface area contributed by atoms with Crippen LogP contribution in [0.1, 0.15) is 43.7 Å². The number of allylic oxidation sites excluding steroid dienone is 2. The fraction of sp³-hybridized carbons (Fsp3) is 0.296. The van der Waals surface area contributed by atoms with Crippen LogP contribution < -0.4 is 14.2 Å². The van der Waals surface area contributed by atoms with Gasteiger partial charge in [0.1, 0.15) is 12.1 Å². The number of Topliss-reactive ketones (excluding diaryl/α,β-unsaturated/α-hetero) is 1. The van der Waals surface area contributed by atoms with Gasteiger partial charge in [-0.15, -0.1) is 5.10 Å².